The second-order valence-corrected chi connectivity index (χ2v) is 4.66. The van der Waals surface area contributed by atoms with E-state index in [9.17, 15) is 0 Å². The van der Waals surface area contributed by atoms with Crippen molar-refractivity contribution in [3.8, 4) is 0 Å². The summed E-state index contributed by atoms with van der Waals surface area (Å²) in [7, 11) is 0. The van der Waals surface area contributed by atoms with Gasteiger partial charge in [0, 0.05) is 6.61 Å². The number of aryl methyl sites for hydroxylation is 2. The molecular weight excluding hydrogens is 220 g/mol. The molecule has 0 spiro atoms. The zero-order valence-electron chi connectivity index (χ0n) is 11.3. The minimum Gasteiger partial charge on any atom is -0.369 e. The van der Waals surface area contributed by atoms with Crippen molar-refractivity contribution in [2.24, 2.45) is 0 Å². The molecule has 18 heavy (non-hydrogen) atoms. The normalized spacial score (nSPS) is 10.9. The highest BCUT2D eigenvalue weighted by Gasteiger charge is 2.13. The highest BCUT2D eigenvalue weighted by atomic mass is 16.5. The van der Waals surface area contributed by atoms with Crippen LogP contribution in [-0.2, 0) is 4.74 Å². The maximum atomic E-state index is 5.89. The molecule has 1 heteroatoms. The van der Waals surface area contributed by atoms with Gasteiger partial charge in [-0.25, -0.2) is 0 Å². The molecule has 0 aliphatic carbocycles. The van der Waals surface area contributed by atoms with Crippen molar-refractivity contribution in [3.63, 3.8) is 0 Å². The van der Waals surface area contributed by atoms with E-state index in [0.717, 1.165) is 0 Å². The maximum Gasteiger partial charge on any atom is 0.108 e. The third-order valence-corrected chi connectivity index (χ3v) is 3.09. The zero-order chi connectivity index (χ0) is 13.0. The summed E-state index contributed by atoms with van der Waals surface area (Å²) in [6, 6.07) is 17.1. The van der Waals surface area contributed by atoms with E-state index in [2.05, 4.69) is 62.4 Å². The van der Waals surface area contributed by atoms with E-state index < -0.39 is 0 Å². The molecule has 2 aromatic rings. The van der Waals surface area contributed by atoms with Gasteiger partial charge in [-0.05, 0) is 31.9 Å². The van der Waals surface area contributed by atoms with Crippen LogP contribution < -0.4 is 0 Å². The van der Waals surface area contributed by atoms with Gasteiger partial charge >= 0.3 is 0 Å². The van der Waals surface area contributed by atoms with Crippen molar-refractivity contribution in [2.75, 3.05) is 6.61 Å². The van der Waals surface area contributed by atoms with Crippen molar-refractivity contribution in [1.82, 2.24) is 0 Å². The van der Waals surface area contributed by atoms with Crippen molar-refractivity contribution in [2.45, 2.75) is 26.9 Å². The lowest BCUT2D eigenvalue weighted by molar-refractivity contribution is 0.0913. The molecular formula is C17H20O. The van der Waals surface area contributed by atoms with Crippen LogP contribution in [0, 0.1) is 13.8 Å². The minimum absolute atomic E-state index is 0.0381. The SMILES string of the molecule is CCOC(c1ccc(C)cc1)c1ccc(C)cc1. The van der Waals surface area contributed by atoms with Crippen LogP contribution in [0.5, 0.6) is 0 Å². The van der Waals surface area contributed by atoms with Gasteiger partial charge in [-0.3, -0.25) is 0 Å². The third-order valence-electron chi connectivity index (χ3n) is 3.09. The predicted octanol–water partition coefficient (Wildman–Crippen LogP) is 4.43. The van der Waals surface area contributed by atoms with Gasteiger partial charge in [0.2, 0.25) is 0 Å². The molecule has 0 aliphatic rings. The zero-order valence-corrected chi connectivity index (χ0v) is 11.3. The number of rotatable bonds is 4. The first-order chi connectivity index (χ1) is 8.70. The Kier molecular flexibility index (Phi) is 4.16. The Morgan fingerprint density at radius 2 is 1.17 bits per heavy atom. The van der Waals surface area contributed by atoms with Gasteiger partial charge in [-0.1, -0.05) is 59.7 Å². The minimum atomic E-state index is 0.0381. The van der Waals surface area contributed by atoms with Crippen molar-refractivity contribution < 1.29 is 4.74 Å². The van der Waals surface area contributed by atoms with Gasteiger partial charge in [0.1, 0.15) is 6.10 Å². The first kappa shape index (κ1) is 12.8. The first-order valence-electron chi connectivity index (χ1n) is 6.45. The van der Waals surface area contributed by atoms with Crippen molar-refractivity contribution in [3.05, 3.63) is 70.8 Å². The standard InChI is InChI=1S/C17H20O/c1-4-18-17(15-9-5-13(2)6-10-15)16-11-7-14(3)8-12-16/h5-12,17H,4H2,1-3H3. The Hall–Kier alpha value is -1.60. The van der Waals surface area contributed by atoms with Gasteiger partial charge in [0.05, 0.1) is 0 Å². The molecule has 0 bridgehead atoms. The summed E-state index contributed by atoms with van der Waals surface area (Å²) in [4.78, 5) is 0. The fraction of sp³-hybridized carbons (Fsp3) is 0.294. The molecule has 0 heterocycles. The second kappa shape index (κ2) is 5.83. The van der Waals surface area contributed by atoms with E-state index in [4.69, 9.17) is 4.74 Å². The lowest BCUT2D eigenvalue weighted by Crippen LogP contribution is -2.06. The Balaban J connectivity index is 2.33. The quantitative estimate of drug-likeness (QED) is 0.768. The molecule has 0 saturated heterocycles. The van der Waals surface area contributed by atoms with Crippen LogP contribution in [-0.4, -0.2) is 6.61 Å². The number of hydrogen-bond donors (Lipinski definition) is 0. The Labute approximate surface area is 109 Å². The lowest BCUT2D eigenvalue weighted by Gasteiger charge is -2.18. The van der Waals surface area contributed by atoms with E-state index in [1.807, 2.05) is 6.92 Å². The molecule has 0 radical (unpaired) electrons. The molecule has 0 amide bonds. The number of benzene rings is 2. The van der Waals surface area contributed by atoms with Gasteiger partial charge in [0.15, 0.2) is 0 Å². The van der Waals surface area contributed by atoms with Crippen LogP contribution in [0.3, 0.4) is 0 Å². The number of ether oxygens (including phenoxy) is 1. The van der Waals surface area contributed by atoms with Crippen LogP contribution in [0.25, 0.3) is 0 Å². The fourth-order valence-electron chi connectivity index (χ4n) is 2.03. The number of hydrogen-bond acceptors (Lipinski definition) is 1. The highest BCUT2D eigenvalue weighted by Crippen LogP contribution is 2.26. The summed E-state index contributed by atoms with van der Waals surface area (Å²) < 4.78 is 5.89. The van der Waals surface area contributed by atoms with E-state index in [1.165, 1.54) is 22.3 Å². The molecule has 1 nitrogen and oxygen atoms in total. The maximum absolute atomic E-state index is 5.89. The molecule has 0 aliphatic heterocycles. The van der Waals surface area contributed by atoms with Crippen LogP contribution in [0.15, 0.2) is 48.5 Å². The summed E-state index contributed by atoms with van der Waals surface area (Å²) in [5.74, 6) is 0. The van der Waals surface area contributed by atoms with E-state index in [1.54, 1.807) is 0 Å². The van der Waals surface area contributed by atoms with Gasteiger partial charge in [0.25, 0.3) is 0 Å². The van der Waals surface area contributed by atoms with E-state index >= 15 is 0 Å². The summed E-state index contributed by atoms with van der Waals surface area (Å²) in [5.41, 5.74) is 4.98. The Morgan fingerprint density at radius 1 is 0.778 bits per heavy atom. The smallest absolute Gasteiger partial charge is 0.108 e. The Morgan fingerprint density at radius 3 is 1.50 bits per heavy atom. The molecule has 0 atom stereocenters. The van der Waals surface area contributed by atoms with Crippen molar-refractivity contribution >= 4 is 0 Å². The molecule has 0 N–H and O–H groups in total. The predicted molar refractivity (Wildman–Crippen MR) is 75.8 cm³/mol. The molecule has 0 unspecified atom stereocenters. The molecule has 0 fully saturated rings. The molecule has 0 saturated carbocycles. The monoisotopic (exact) mass is 240 g/mol. The summed E-state index contributed by atoms with van der Waals surface area (Å²) in [6.45, 7) is 6.96. The van der Waals surface area contributed by atoms with Crippen LogP contribution in [0.2, 0.25) is 0 Å². The van der Waals surface area contributed by atoms with Gasteiger partial charge < -0.3 is 4.74 Å². The summed E-state index contributed by atoms with van der Waals surface area (Å²) in [6.07, 6.45) is 0.0381. The highest BCUT2D eigenvalue weighted by molar-refractivity contribution is 5.33. The topological polar surface area (TPSA) is 9.23 Å². The molecule has 0 aromatic heterocycles. The third kappa shape index (κ3) is 2.99. The molecule has 94 valence electrons. The van der Waals surface area contributed by atoms with Crippen LogP contribution >= 0.6 is 0 Å². The van der Waals surface area contributed by atoms with Crippen LogP contribution in [0.4, 0.5) is 0 Å². The largest absolute Gasteiger partial charge is 0.369 e. The Bertz CT molecular complexity index is 437. The van der Waals surface area contributed by atoms with Gasteiger partial charge in [-0.2, -0.15) is 0 Å². The van der Waals surface area contributed by atoms with E-state index in [-0.39, 0.29) is 6.10 Å². The van der Waals surface area contributed by atoms with Gasteiger partial charge in [-0.15, -0.1) is 0 Å². The fourth-order valence-corrected chi connectivity index (χ4v) is 2.03. The van der Waals surface area contributed by atoms with E-state index in [0.29, 0.717) is 6.61 Å². The summed E-state index contributed by atoms with van der Waals surface area (Å²) >= 11 is 0. The molecule has 2 rings (SSSR count). The van der Waals surface area contributed by atoms with Crippen molar-refractivity contribution in [1.29, 1.82) is 0 Å². The molecule has 2 aromatic carbocycles. The average molecular weight is 240 g/mol. The first-order valence-corrected chi connectivity index (χ1v) is 6.45. The second-order valence-electron chi connectivity index (χ2n) is 4.66. The summed E-state index contributed by atoms with van der Waals surface area (Å²) in [5, 5.41) is 0. The average Bonchev–Trinajstić information content (AvgIpc) is 2.39. The van der Waals surface area contributed by atoms with Crippen LogP contribution in [0.1, 0.15) is 35.3 Å². The lowest BCUT2D eigenvalue weighted by atomic mass is 9.99.